The summed E-state index contributed by atoms with van der Waals surface area (Å²) < 4.78 is 19.6. The lowest BCUT2D eigenvalue weighted by Gasteiger charge is -2.05. The van der Waals surface area contributed by atoms with E-state index >= 15 is 0 Å². The summed E-state index contributed by atoms with van der Waals surface area (Å²) in [7, 11) is 0. The second-order valence-electron chi connectivity index (χ2n) is 6.16. The standard InChI is InChI=1S/C20H13FN4O2/c21-11-4-5-13-15(9-11)16-14(6-8-23-19(16)26)18-17(13)24-20(25-18)27-10-12-3-1-2-7-22-12/h1-9H,10H2,(H,23,26)(H,24,25). The van der Waals surface area contributed by atoms with E-state index in [4.69, 9.17) is 4.74 Å². The second kappa shape index (κ2) is 5.91. The number of halogens is 1. The summed E-state index contributed by atoms with van der Waals surface area (Å²) in [5.74, 6) is -0.409. The molecule has 0 aliphatic carbocycles. The molecule has 6 nitrogen and oxygen atoms in total. The zero-order valence-electron chi connectivity index (χ0n) is 14.0. The lowest BCUT2D eigenvalue weighted by molar-refractivity contribution is 0.280. The van der Waals surface area contributed by atoms with Gasteiger partial charge in [0.2, 0.25) is 0 Å². The fourth-order valence-corrected chi connectivity index (χ4v) is 3.32. The van der Waals surface area contributed by atoms with E-state index in [2.05, 4.69) is 19.9 Å². The molecule has 3 aromatic heterocycles. The quantitative estimate of drug-likeness (QED) is 0.481. The number of fused-ring (bicyclic) bond motifs is 6. The Morgan fingerprint density at radius 3 is 2.85 bits per heavy atom. The lowest BCUT2D eigenvalue weighted by atomic mass is 10.0. The van der Waals surface area contributed by atoms with Crippen LogP contribution in [0.25, 0.3) is 32.6 Å². The fraction of sp³-hybridized carbons (Fsp3) is 0.0500. The van der Waals surface area contributed by atoms with Gasteiger partial charge >= 0.3 is 0 Å². The van der Waals surface area contributed by atoms with Crippen LogP contribution in [0.3, 0.4) is 0 Å². The van der Waals surface area contributed by atoms with Gasteiger partial charge in [0, 0.05) is 28.6 Å². The van der Waals surface area contributed by atoms with Crippen molar-refractivity contribution in [3.63, 3.8) is 0 Å². The minimum atomic E-state index is -0.409. The highest BCUT2D eigenvalue weighted by Crippen LogP contribution is 2.33. The van der Waals surface area contributed by atoms with Crippen molar-refractivity contribution in [2.75, 3.05) is 0 Å². The van der Waals surface area contributed by atoms with Gasteiger partial charge in [-0.2, -0.15) is 4.98 Å². The summed E-state index contributed by atoms with van der Waals surface area (Å²) >= 11 is 0. The Hall–Kier alpha value is -3.74. The fourth-order valence-electron chi connectivity index (χ4n) is 3.32. The molecule has 0 spiro atoms. The Morgan fingerprint density at radius 1 is 1.07 bits per heavy atom. The SMILES string of the molecule is O=c1[nH]ccc2c3[nH]c(OCc4ccccn4)nc3c3ccc(F)cc3c12. The Kier molecular flexibility index (Phi) is 3.39. The van der Waals surface area contributed by atoms with E-state index in [-0.39, 0.29) is 12.2 Å². The molecule has 0 amide bonds. The smallest absolute Gasteiger partial charge is 0.295 e. The van der Waals surface area contributed by atoms with Crippen molar-refractivity contribution in [2.45, 2.75) is 6.61 Å². The third kappa shape index (κ3) is 2.52. The van der Waals surface area contributed by atoms with Crippen LogP contribution in [0.2, 0.25) is 0 Å². The number of aromatic nitrogens is 4. The molecule has 27 heavy (non-hydrogen) atoms. The molecule has 5 rings (SSSR count). The van der Waals surface area contributed by atoms with Gasteiger partial charge < -0.3 is 14.7 Å². The molecule has 0 unspecified atom stereocenters. The number of ether oxygens (including phenoxy) is 1. The molecule has 0 saturated heterocycles. The number of benzene rings is 2. The summed E-state index contributed by atoms with van der Waals surface area (Å²) in [6.45, 7) is 0.256. The van der Waals surface area contributed by atoms with Gasteiger partial charge in [-0.3, -0.25) is 9.78 Å². The predicted octanol–water partition coefficient (Wildman–Crippen LogP) is 3.67. The van der Waals surface area contributed by atoms with Gasteiger partial charge in [-0.25, -0.2) is 4.39 Å². The van der Waals surface area contributed by atoms with E-state index in [1.54, 1.807) is 24.5 Å². The molecule has 132 valence electrons. The van der Waals surface area contributed by atoms with Crippen molar-refractivity contribution in [3.8, 4) is 6.01 Å². The van der Waals surface area contributed by atoms with Crippen molar-refractivity contribution in [1.29, 1.82) is 0 Å². The number of hydrogen-bond donors (Lipinski definition) is 2. The van der Waals surface area contributed by atoms with Gasteiger partial charge in [-0.05, 0) is 36.4 Å². The third-order valence-electron chi connectivity index (χ3n) is 4.50. The summed E-state index contributed by atoms with van der Waals surface area (Å²) in [4.78, 5) is 26.9. The van der Waals surface area contributed by atoms with Crippen molar-refractivity contribution in [2.24, 2.45) is 0 Å². The van der Waals surface area contributed by atoms with Crippen molar-refractivity contribution < 1.29 is 9.13 Å². The minimum Gasteiger partial charge on any atom is -0.458 e. The van der Waals surface area contributed by atoms with Gasteiger partial charge in [0.15, 0.2) is 0 Å². The maximum Gasteiger partial charge on any atom is 0.295 e. The van der Waals surface area contributed by atoms with E-state index in [1.807, 2.05) is 18.2 Å². The number of aromatic amines is 2. The Balaban J connectivity index is 1.74. The van der Waals surface area contributed by atoms with Gasteiger partial charge in [0.1, 0.15) is 17.9 Å². The first kappa shape index (κ1) is 15.5. The molecule has 5 aromatic rings. The van der Waals surface area contributed by atoms with E-state index in [0.29, 0.717) is 38.6 Å². The van der Waals surface area contributed by atoms with Crippen molar-refractivity contribution >= 4 is 32.6 Å². The predicted molar refractivity (Wildman–Crippen MR) is 100 cm³/mol. The van der Waals surface area contributed by atoms with Gasteiger partial charge in [0.05, 0.1) is 16.6 Å². The van der Waals surface area contributed by atoms with Crippen LogP contribution in [0.15, 0.2) is 59.7 Å². The first-order chi connectivity index (χ1) is 13.2. The van der Waals surface area contributed by atoms with Gasteiger partial charge in [-0.15, -0.1) is 0 Å². The summed E-state index contributed by atoms with van der Waals surface area (Å²) in [6, 6.07) is 12.0. The first-order valence-corrected chi connectivity index (χ1v) is 8.36. The maximum absolute atomic E-state index is 13.8. The van der Waals surface area contributed by atoms with E-state index in [1.165, 1.54) is 12.1 Å². The highest BCUT2D eigenvalue weighted by atomic mass is 19.1. The van der Waals surface area contributed by atoms with Crippen LogP contribution >= 0.6 is 0 Å². The number of pyridine rings is 2. The number of nitrogens with zero attached hydrogens (tertiary/aromatic N) is 2. The van der Waals surface area contributed by atoms with Crippen LogP contribution in [-0.2, 0) is 6.61 Å². The number of hydrogen-bond acceptors (Lipinski definition) is 4. The monoisotopic (exact) mass is 360 g/mol. The van der Waals surface area contributed by atoms with Crippen molar-refractivity contribution in [1.82, 2.24) is 19.9 Å². The van der Waals surface area contributed by atoms with E-state index in [0.717, 1.165) is 5.69 Å². The van der Waals surface area contributed by atoms with Crippen LogP contribution in [0.1, 0.15) is 5.69 Å². The first-order valence-electron chi connectivity index (χ1n) is 8.36. The summed E-state index contributed by atoms with van der Waals surface area (Å²) in [6.07, 6.45) is 3.25. The third-order valence-corrected chi connectivity index (χ3v) is 4.50. The molecule has 0 fully saturated rings. The van der Waals surface area contributed by atoms with Gasteiger partial charge in [0.25, 0.3) is 11.6 Å². The normalized spacial score (nSPS) is 11.4. The average molecular weight is 360 g/mol. The highest BCUT2D eigenvalue weighted by Gasteiger charge is 2.16. The van der Waals surface area contributed by atoms with Crippen LogP contribution in [0.4, 0.5) is 4.39 Å². The second-order valence-corrected chi connectivity index (χ2v) is 6.16. The molecular formula is C20H13FN4O2. The average Bonchev–Trinajstić information content (AvgIpc) is 3.12. The van der Waals surface area contributed by atoms with Crippen molar-refractivity contribution in [3.05, 3.63) is 76.7 Å². The number of imidazole rings is 1. The largest absolute Gasteiger partial charge is 0.458 e. The molecule has 0 radical (unpaired) electrons. The van der Waals surface area contributed by atoms with E-state index < -0.39 is 5.82 Å². The van der Waals surface area contributed by atoms with E-state index in [9.17, 15) is 9.18 Å². The minimum absolute atomic E-state index is 0.256. The Morgan fingerprint density at radius 2 is 2.00 bits per heavy atom. The molecule has 2 aromatic carbocycles. The Labute approximate surface area is 151 Å². The molecule has 2 N–H and O–H groups in total. The number of H-pyrrole nitrogens is 2. The zero-order valence-corrected chi connectivity index (χ0v) is 14.0. The molecule has 0 atom stereocenters. The van der Waals surface area contributed by atoms with Crippen LogP contribution in [-0.4, -0.2) is 19.9 Å². The summed E-state index contributed by atoms with van der Waals surface area (Å²) in [5, 5.41) is 2.27. The molecule has 0 bridgehead atoms. The Bertz CT molecular complexity index is 1360. The van der Waals surface area contributed by atoms with Crippen LogP contribution < -0.4 is 10.3 Å². The summed E-state index contributed by atoms with van der Waals surface area (Å²) in [5.41, 5.74) is 1.78. The van der Waals surface area contributed by atoms with Crippen LogP contribution in [0, 0.1) is 5.82 Å². The number of rotatable bonds is 3. The maximum atomic E-state index is 13.8. The molecule has 0 saturated carbocycles. The molecular weight excluding hydrogens is 347 g/mol. The topological polar surface area (TPSA) is 83.7 Å². The molecule has 0 aliphatic heterocycles. The molecule has 3 heterocycles. The lowest BCUT2D eigenvalue weighted by Crippen LogP contribution is -2.05. The zero-order chi connectivity index (χ0) is 18.4. The molecule has 0 aliphatic rings. The molecule has 7 heteroatoms. The van der Waals surface area contributed by atoms with Gasteiger partial charge in [-0.1, -0.05) is 6.07 Å². The van der Waals surface area contributed by atoms with Crippen LogP contribution in [0.5, 0.6) is 6.01 Å². The number of nitrogens with one attached hydrogen (secondary N) is 2. The highest BCUT2D eigenvalue weighted by molar-refractivity contribution is 6.23.